The number of para-hydroxylation sites is 1. The first-order valence-corrected chi connectivity index (χ1v) is 8.29. The first-order valence-electron chi connectivity index (χ1n) is 8.29. The molecular weight excluding hydrogens is 306 g/mol. The Kier molecular flexibility index (Phi) is 4.25. The van der Waals surface area contributed by atoms with E-state index in [2.05, 4.69) is 41.4 Å². The van der Waals surface area contributed by atoms with Crippen molar-refractivity contribution in [1.82, 2.24) is 0 Å². The van der Waals surface area contributed by atoms with Gasteiger partial charge in [-0.3, -0.25) is 0 Å². The minimum Gasteiger partial charge on any atom is -0.456 e. The van der Waals surface area contributed by atoms with Gasteiger partial charge in [-0.15, -0.1) is 0 Å². The summed E-state index contributed by atoms with van der Waals surface area (Å²) in [6, 6.07) is 34.5. The third kappa shape index (κ3) is 3.59. The Bertz CT molecular complexity index is 959. The molecule has 0 saturated carbocycles. The minimum absolute atomic E-state index is 0.834. The number of hydrogen-bond donors (Lipinski definition) is 1. The molecule has 4 aromatic rings. The maximum Gasteiger partial charge on any atom is 0.211 e. The van der Waals surface area contributed by atoms with Gasteiger partial charge in [0.05, 0.1) is 12.1 Å². The van der Waals surface area contributed by atoms with Gasteiger partial charge in [-0.05, 0) is 0 Å². The average molecular weight is 324 g/mol. The van der Waals surface area contributed by atoms with E-state index in [1.54, 1.807) is 0 Å². The van der Waals surface area contributed by atoms with Crippen LogP contribution in [-0.2, 0) is 0 Å². The Hall–Kier alpha value is -3.39. The van der Waals surface area contributed by atoms with Crippen LogP contribution in [0.2, 0.25) is 0 Å². The maximum atomic E-state index is 6.19. The number of benzene rings is 3. The molecule has 4 rings (SSSR count). The van der Waals surface area contributed by atoms with Crippen LogP contribution in [0.3, 0.4) is 0 Å². The van der Waals surface area contributed by atoms with E-state index in [-0.39, 0.29) is 0 Å². The van der Waals surface area contributed by atoms with Gasteiger partial charge in [0, 0.05) is 23.3 Å². The van der Waals surface area contributed by atoms with E-state index in [0.717, 1.165) is 33.7 Å². The average Bonchev–Trinajstić information content (AvgIpc) is 2.70. The highest BCUT2D eigenvalue weighted by Gasteiger charge is 2.08. The largest absolute Gasteiger partial charge is 0.456 e. The van der Waals surface area contributed by atoms with Crippen molar-refractivity contribution >= 4 is 5.69 Å². The molecule has 0 bridgehead atoms. The summed E-state index contributed by atoms with van der Waals surface area (Å²) in [6.45, 7) is 0. The first kappa shape index (κ1) is 15.2. The maximum absolute atomic E-state index is 6.19. The molecule has 0 radical (unpaired) electrons. The molecular formula is C23H18NO+. The third-order valence-electron chi connectivity index (χ3n) is 3.97. The highest BCUT2D eigenvalue weighted by molar-refractivity contribution is 5.62. The molecule has 0 aliphatic carbocycles. The van der Waals surface area contributed by atoms with E-state index < -0.39 is 0 Å². The van der Waals surface area contributed by atoms with Gasteiger partial charge in [-0.2, -0.15) is 0 Å². The summed E-state index contributed by atoms with van der Waals surface area (Å²) in [5.74, 6) is 1.67. The molecule has 0 atom stereocenters. The molecule has 25 heavy (non-hydrogen) atoms. The zero-order valence-corrected chi connectivity index (χ0v) is 13.7. The molecule has 0 aliphatic rings. The molecule has 0 saturated heterocycles. The molecule has 1 aromatic heterocycles. The van der Waals surface area contributed by atoms with Crippen LogP contribution in [0.25, 0.3) is 22.6 Å². The van der Waals surface area contributed by atoms with Crippen molar-refractivity contribution < 1.29 is 9.41 Å². The highest BCUT2D eigenvalue weighted by Crippen LogP contribution is 2.24. The molecule has 0 aliphatic heterocycles. The lowest BCUT2D eigenvalue weighted by Gasteiger charge is -2.04. The zero-order chi connectivity index (χ0) is 16.9. The van der Waals surface area contributed by atoms with E-state index in [1.165, 1.54) is 0 Å². The van der Waals surface area contributed by atoms with Crippen molar-refractivity contribution in [3.05, 3.63) is 108 Å². The van der Waals surface area contributed by atoms with Gasteiger partial charge < -0.3 is 4.42 Å². The molecule has 2 heteroatoms. The SMILES string of the molecule is c1ccc([NH+]=c2cc(-c3ccccc3)oc(-c3ccccc3)c2)cc1. The Balaban J connectivity index is 1.91. The Morgan fingerprint density at radius 2 is 0.960 bits per heavy atom. The summed E-state index contributed by atoms with van der Waals surface area (Å²) in [5.41, 5.74) is 3.15. The van der Waals surface area contributed by atoms with E-state index in [9.17, 15) is 0 Å². The van der Waals surface area contributed by atoms with Crippen LogP contribution in [0.5, 0.6) is 0 Å². The van der Waals surface area contributed by atoms with E-state index in [0.29, 0.717) is 0 Å². The number of rotatable bonds is 3. The lowest BCUT2D eigenvalue weighted by molar-refractivity contribution is -0.402. The predicted molar refractivity (Wildman–Crippen MR) is 99.8 cm³/mol. The fourth-order valence-electron chi connectivity index (χ4n) is 2.75. The van der Waals surface area contributed by atoms with Crippen molar-refractivity contribution in [2.45, 2.75) is 0 Å². The molecule has 1 N–H and O–H groups in total. The van der Waals surface area contributed by atoms with Crippen molar-refractivity contribution in [3.63, 3.8) is 0 Å². The molecule has 1 heterocycles. The third-order valence-corrected chi connectivity index (χ3v) is 3.97. The van der Waals surface area contributed by atoms with Crippen LogP contribution in [0.15, 0.2) is 108 Å². The van der Waals surface area contributed by atoms with Crippen molar-refractivity contribution in [2.75, 3.05) is 0 Å². The Labute approximate surface area is 146 Å². The zero-order valence-electron chi connectivity index (χ0n) is 13.7. The predicted octanol–water partition coefficient (Wildman–Crippen LogP) is 3.93. The molecule has 0 fully saturated rings. The van der Waals surface area contributed by atoms with Crippen molar-refractivity contribution in [2.24, 2.45) is 0 Å². The topological polar surface area (TPSA) is 27.1 Å². The van der Waals surface area contributed by atoms with Gasteiger partial charge in [-0.1, -0.05) is 78.9 Å². The Morgan fingerprint density at radius 3 is 1.44 bits per heavy atom. The van der Waals surface area contributed by atoms with Crippen LogP contribution in [0.4, 0.5) is 5.69 Å². The monoisotopic (exact) mass is 324 g/mol. The number of hydrogen-bond acceptors (Lipinski definition) is 1. The lowest BCUT2D eigenvalue weighted by atomic mass is 10.1. The molecule has 3 aromatic carbocycles. The van der Waals surface area contributed by atoms with Crippen molar-refractivity contribution in [3.8, 4) is 22.6 Å². The van der Waals surface area contributed by atoms with Gasteiger partial charge >= 0.3 is 0 Å². The summed E-state index contributed by atoms with van der Waals surface area (Å²) in [4.78, 5) is 3.46. The van der Waals surface area contributed by atoms with E-state index in [1.807, 2.05) is 66.7 Å². The number of nitrogens with one attached hydrogen (secondary N) is 1. The summed E-state index contributed by atoms with van der Waals surface area (Å²) in [5, 5.41) is 0.996. The van der Waals surface area contributed by atoms with Crippen LogP contribution >= 0.6 is 0 Å². The van der Waals surface area contributed by atoms with Gasteiger partial charge in [0.15, 0.2) is 0 Å². The summed E-state index contributed by atoms with van der Waals surface area (Å²) < 4.78 is 6.19. The second-order valence-corrected chi connectivity index (χ2v) is 5.80. The normalized spacial score (nSPS) is 10.4. The summed E-state index contributed by atoms with van der Waals surface area (Å²) in [7, 11) is 0. The fourth-order valence-corrected chi connectivity index (χ4v) is 2.75. The summed E-state index contributed by atoms with van der Waals surface area (Å²) in [6.07, 6.45) is 0. The smallest absolute Gasteiger partial charge is 0.211 e. The van der Waals surface area contributed by atoms with E-state index in [4.69, 9.17) is 4.42 Å². The van der Waals surface area contributed by atoms with Gasteiger partial charge in [-0.25, -0.2) is 4.99 Å². The van der Waals surface area contributed by atoms with Gasteiger partial charge in [0.2, 0.25) is 11.0 Å². The van der Waals surface area contributed by atoms with Crippen LogP contribution in [-0.4, -0.2) is 0 Å². The quantitative estimate of drug-likeness (QED) is 0.607. The van der Waals surface area contributed by atoms with Gasteiger partial charge in [0.1, 0.15) is 11.5 Å². The second kappa shape index (κ2) is 7.02. The molecule has 0 unspecified atom stereocenters. The lowest BCUT2D eigenvalue weighted by Crippen LogP contribution is -2.70. The van der Waals surface area contributed by atoms with Gasteiger partial charge in [0.25, 0.3) is 0 Å². The van der Waals surface area contributed by atoms with Crippen LogP contribution in [0.1, 0.15) is 0 Å². The second-order valence-electron chi connectivity index (χ2n) is 5.80. The minimum atomic E-state index is 0.834. The van der Waals surface area contributed by atoms with Crippen LogP contribution in [0, 0.1) is 0 Å². The molecule has 120 valence electrons. The summed E-state index contributed by atoms with van der Waals surface area (Å²) >= 11 is 0. The van der Waals surface area contributed by atoms with Crippen LogP contribution < -0.4 is 10.3 Å². The first-order chi connectivity index (χ1) is 12.4. The molecule has 0 spiro atoms. The molecule has 0 amide bonds. The highest BCUT2D eigenvalue weighted by atomic mass is 16.3. The standard InChI is InChI=1S/C23H17NO/c1-4-10-18(11-5-1)22-16-21(24-20-14-8-3-9-15-20)17-23(25-22)19-12-6-2-7-13-19/h1-17H/p+1. The molecule has 2 nitrogen and oxygen atoms in total. The van der Waals surface area contributed by atoms with E-state index >= 15 is 0 Å². The van der Waals surface area contributed by atoms with Crippen molar-refractivity contribution in [1.29, 1.82) is 0 Å². The fraction of sp³-hybridized carbons (Fsp3) is 0. The Morgan fingerprint density at radius 1 is 0.520 bits per heavy atom.